The predicted octanol–water partition coefficient (Wildman–Crippen LogP) is 3.63. The minimum Gasteiger partial charge on any atom is -0.346 e. The van der Waals surface area contributed by atoms with Crippen molar-refractivity contribution in [1.82, 2.24) is 10.3 Å². The van der Waals surface area contributed by atoms with E-state index in [2.05, 4.69) is 17.2 Å². The number of aromatic nitrogens is 1. The van der Waals surface area contributed by atoms with Crippen LogP contribution in [-0.2, 0) is 4.79 Å². The topological polar surface area (TPSA) is 68.0 Å². The van der Waals surface area contributed by atoms with Crippen LogP contribution in [0.2, 0.25) is 0 Å². The fourth-order valence-electron chi connectivity index (χ4n) is 2.13. The first-order valence-electron chi connectivity index (χ1n) is 6.96. The van der Waals surface area contributed by atoms with Crippen LogP contribution in [0.4, 0.5) is 0 Å². The van der Waals surface area contributed by atoms with Crippen LogP contribution in [0, 0.1) is 12.3 Å². The van der Waals surface area contributed by atoms with E-state index < -0.39 is 5.41 Å². The zero-order valence-corrected chi connectivity index (χ0v) is 15.6. The lowest BCUT2D eigenvalue weighted by molar-refractivity contribution is -0.131. The van der Waals surface area contributed by atoms with Gasteiger partial charge in [0.25, 0.3) is 0 Å². The highest BCUT2D eigenvalue weighted by Crippen LogP contribution is 2.28. The summed E-state index contributed by atoms with van der Waals surface area (Å²) in [7, 11) is 0. The molecular formula is C14H27Cl2N3OS. The normalized spacial score (nSPS) is 12.0. The molecule has 0 saturated carbocycles. The second kappa shape index (κ2) is 10.4. The van der Waals surface area contributed by atoms with Crippen LogP contribution in [0.25, 0.3) is 0 Å². The highest BCUT2D eigenvalue weighted by molar-refractivity contribution is 7.09. The fraction of sp³-hybridized carbons (Fsp3) is 0.714. The maximum absolute atomic E-state index is 12.5. The molecule has 1 unspecified atom stereocenters. The van der Waals surface area contributed by atoms with E-state index in [0.717, 1.165) is 30.0 Å². The maximum atomic E-state index is 12.5. The van der Waals surface area contributed by atoms with E-state index in [1.165, 1.54) is 0 Å². The zero-order valence-electron chi connectivity index (χ0n) is 13.1. The number of amides is 1. The monoisotopic (exact) mass is 355 g/mol. The average Bonchev–Trinajstić information content (AvgIpc) is 2.85. The van der Waals surface area contributed by atoms with E-state index in [4.69, 9.17) is 5.73 Å². The van der Waals surface area contributed by atoms with Gasteiger partial charge in [0.2, 0.25) is 5.91 Å². The molecule has 7 heteroatoms. The Hall–Kier alpha value is -0.360. The molecule has 1 aromatic heterocycles. The quantitative estimate of drug-likeness (QED) is 0.784. The Morgan fingerprint density at radius 3 is 2.29 bits per heavy atom. The molecule has 3 N–H and O–H groups in total. The summed E-state index contributed by atoms with van der Waals surface area (Å²) in [4.78, 5) is 17.0. The highest BCUT2D eigenvalue weighted by atomic mass is 35.5. The van der Waals surface area contributed by atoms with Gasteiger partial charge in [0.1, 0.15) is 5.01 Å². The van der Waals surface area contributed by atoms with Gasteiger partial charge in [-0.3, -0.25) is 4.79 Å². The van der Waals surface area contributed by atoms with Crippen molar-refractivity contribution < 1.29 is 4.79 Å². The maximum Gasteiger partial charge on any atom is 0.228 e. The van der Waals surface area contributed by atoms with Crippen molar-refractivity contribution in [1.29, 1.82) is 0 Å². The SMILES string of the molecule is CCC(NC(=O)C(CC)(CC)CN)c1nc(C)cs1.Cl.Cl. The third kappa shape index (κ3) is 5.40. The second-order valence-corrected chi connectivity index (χ2v) is 5.84. The molecular weight excluding hydrogens is 329 g/mol. The van der Waals surface area contributed by atoms with Crippen LogP contribution >= 0.6 is 36.2 Å². The van der Waals surface area contributed by atoms with Gasteiger partial charge in [-0.05, 0) is 26.2 Å². The van der Waals surface area contributed by atoms with E-state index in [0.29, 0.717) is 6.54 Å². The predicted molar refractivity (Wildman–Crippen MR) is 94.6 cm³/mol. The van der Waals surface area contributed by atoms with E-state index in [1.54, 1.807) is 11.3 Å². The molecule has 0 saturated heterocycles. The Morgan fingerprint density at radius 2 is 1.95 bits per heavy atom. The molecule has 0 spiro atoms. The summed E-state index contributed by atoms with van der Waals surface area (Å²) in [5.74, 6) is 0.0553. The molecule has 0 aromatic carbocycles. The summed E-state index contributed by atoms with van der Waals surface area (Å²) in [6.07, 6.45) is 2.37. The number of nitrogens with two attached hydrogens (primary N) is 1. The molecule has 0 fully saturated rings. The van der Waals surface area contributed by atoms with Crippen molar-refractivity contribution in [2.75, 3.05) is 6.54 Å². The van der Waals surface area contributed by atoms with E-state index >= 15 is 0 Å². The number of halogens is 2. The summed E-state index contributed by atoms with van der Waals surface area (Å²) < 4.78 is 0. The fourth-order valence-corrected chi connectivity index (χ4v) is 3.07. The van der Waals surface area contributed by atoms with Crippen molar-refractivity contribution in [2.24, 2.45) is 11.1 Å². The number of nitrogens with zero attached hydrogens (tertiary/aromatic N) is 1. The summed E-state index contributed by atoms with van der Waals surface area (Å²) >= 11 is 1.60. The first-order valence-corrected chi connectivity index (χ1v) is 7.84. The van der Waals surface area contributed by atoms with Crippen molar-refractivity contribution in [3.8, 4) is 0 Å². The molecule has 1 amide bonds. The molecule has 1 aromatic rings. The number of aryl methyl sites for hydroxylation is 1. The highest BCUT2D eigenvalue weighted by Gasteiger charge is 2.34. The number of hydrogen-bond donors (Lipinski definition) is 2. The molecule has 4 nitrogen and oxygen atoms in total. The number of hydrogen-bond acceptors (Lipinski definition) is 4. The lowest BCUT2D eigenvalue weighted by Crippen LogP contribution is -2.46. The molecule has 124 valence electrons. The lowest BCUT2D eigenvalue weighted by atomic mass is 9.81. The average molecular weight is 356 g/mol. The molecule has 0 aliphatic carbocycles. The van der Waals surface area contributed by atoms with E-state index in [9.17, 15) is 4.79 Å². The standard InChI is InChI=1S/C14H25N3OS.2ClH/c1-5-11(12-16-10(4)8-19-12)17-13(18)14(6-2,7-3)9-15;;/h8,11H,5-7,9,15H2,1-4H3,(H,17,18);2*1H. The molecule has 1 rings (SSSR count). The van der Waals surface area contributed by atoms with Gasteiger partial charge in [0.05, 0.1) is 11.5 Å². The summed E-state index contributed by atoms with van der Waals surface area (Å²) in [5.41, 5.74) is 6.37. The van der Waals surface area contributed by atoms with Gasteiger partial charge in [-0.25, -0.2) is 4.98 Å². The Balaban J connectivity index is 0. The van der Waals surface area contributed by atoms with Gasteiger partial charge in [0, 0.05) is 17.6 Å². The molecule has 0 radical (unpaired) electrons. The molecule has 1 atom stereocenters. The van der Waals surface area contributed by atoms with Crippen LogP contribution in [0.3, 0.4) is 0 Å². The van der Waals surface area contributed by atoms with E-state index in [1.807, 2.05) is 26.2 Å². The second-order valence-electron chi connectivity index (χ2n) is 4.95. The van der Waals surface area contributed by atoms with Crippen LogP contribution < -0.4 is 11.1 Å². The van der Waals surface area contributed by atoms with Gasteiger partial charge in [-0.2, -0.15) is 0 Å². The third-order valence-electron chi connectivity index (χ3n) is 3.87. The van der Waals surface area contributed by atoms with Crippen molar-refractivity contribution in [3.63, 3.8) is 0 Å². The molecule has 21 heavy (non-hydrogen) atoms. The van der Waals surface area contributed by atoms with Gasteiger partial charge in [0.15, 0.2) is 0 Å². The summed E-state index contributed by atoms with van der Waals surface area (Å²) in [6, 6.07) is -0.00442. The van der Waals surface area contributed by atoms with Gasteiger partial charge in [-0.1, -0.05) is 20.8 Å². The van der Waals surface area contributed by atoms with Gasteiger partial charge < -0.3 is 11.1 Å². The Kier molecular flexibility index (Phi) is 11.3. The van der Waals surface area contributed by atoms with Gasteiger partial charge >= 0.3 is 0 Å². The Morgan fingerprint density at radius 1 is 1.38 bits per heavy atom. The lowest BCUT2D eigenvalue weighted by Gasteiger charge is -2.30. The molecule has 0 aliphatic rings. The number of nitrogens with one attached hydrogen (secondary N) is 1. The minimum atomic E-state index is -0.445. The van der Waals surface area contributed by atoms with Crippen molar-refractivity contribution in [2.45, 2.75) is 53.0 Å². The number of carbonyl (C=O) groups is 1. The van der Waals surface area contributed by atoms with Gasteiger partial charge in [-0.15, -0.1) is 36.2 Å². The summed E-state index contributed by atoms with van der Waals surface area (Å²) in [5, 5.41) is 6.11. The first-order chi connectivity index (χ1) is 9.02. The Labute approximate surface area is 144 Å². The largest absolute Gasteiger partial charge is 0.346 e. The molecule has 0 bridgehead atoms. The smallest absolute Gasteiger partial charge is 0.228 e. The number of carbonyl (C=O) groups excluding carboxylic acids is 1. The minimum absolute atomic E-state index is 0. The number of thiazole rings is 1. The van der Waals surface area contributed by atoms with Crippen molar-refractivity contribution in [3.05, 3.63) is 16.1 Å². The first kappa shape index (κ1) is 22.9. The van der Waals surface area contributed by atoms with Crippen LogP contribution in [0.15, 0.2) is 5.38 Å². The van der Waals surface area contributed by atoms with Crippen LogP contribution in [0.5, 0.6) is 0 Å². The van der Waals surface area contributed by atoms with Crippen molar-refractivity contribution >= 4 is 42.1 Å². The number of rotatable bonds is 7. The van der Waals surface area contributed by atoms with Crippen LogP contribution in [0.1, 0.15) is 56.8 Å². The Bertz CT molecular complexity index is 414. The third-order valence-corrected chi connectivity index (χ3v) is 4.95. The molecule has 1 heterocycles. The van der Waals surface area contributed by atoms with E-state index in [-0.39, 0.29) is 36.8 Å². The van der Waals surface area contributed by atoms with Crippen LogP contribution in [-0.4, -0.2) is 17.4 Å². The summed E-state index contributed by atoms with van der Waals surface area (Å²) in [6.45, 7) is 8.45. The molecule has 0 aliphatic heterocycles. The zero-order chi connectivity index (χ0) is 14.5.